The van der Waals surface area contributed by atoms with Gasteiger partial charge in [0.15, 0.2) is 0 Å². The second kappa shape index (κ2) is 14.9. The van der Waals surface area contributed by atoms with Gasteiger partial charge in [-0.25, -0.2) is 19.3 Å². The maximum absolute atomic E-state index is 13.3. The molecule has 1 aliphatic rings. The number of rotatable bonds is 9. The highest BCUT2D eigenvalue weighted by molar-refractivity contribution is 6.45. The van der Waals surface area contributed by atoms with Gasteiger partial charge < -0.3 is 29.7 Å². The molecule has 1 aliphatic heterocycles. The fourth-order valence-electron chi connectivity index (χ4n) is 5.21. The standard InChI is InChI=1S/C34H40Cl2N8O5/c1-34(2,3)27-17-29(44(41-27)21-8-7-20(19-45)26(15-21)48-6)40-32(46)38-24-9-10-25(31(36)30(24)35)49-23-11-13-37-28(16-23)39-33(47)43-14-12-22(18-43)42(4)5/h7-11,13,15-17,22,45H,12,14,18-19H2,1-6H3,(H,37,39,47)(H2,38,40,46)/t22-/m0/s1. The molecule has 1 atom stereocenters. The first-order valence-corrected chi connectivity index (χ1v) is 16.3. The van der Waals surface area contributed by atoms with Crippen molar-refractivity contribution in [3.63, 3.8) is 0 Å². The van der Waals surface area contributed by atoms with Crippen LogP contribution in [0.15, 0.2) is 54.7 Å². The molecule has 4 aromatic rings. The average molecular weight is 712 g/mol. The molecule has 4 N–H and O–H groups in total. The topological polar surface area (TPSA) is 146 Å². The van der Waals surface area contributed by atoms with Crippen molar-refractivity contribution in [1.82, 2.24) is 24.6 Å². The summed E-state index contributed by atoms with van der Waals surface area (Å²) in [6.07, 6.45) is 2.42. The summed E-state index contributed by atoms with van der Waals surface area (Å²) in [6, 6.07) is 12.9. The van der Waals surface area contributed by atoms with E-state index >= 15 is 0 Å². The van der Waals surface area contributed by atoms with Crippen LogP contribution in [-0.2, 0) is 12.0 Å². The molecule has 0 saturated carbocycles. The number of hydrogen-bond acceptors (Lipinski definition) is 8. The number of aromatic nitrogens is 3. The first kappa shape index (κ1) is 35.7. The second-order valence-electron chi connectivity index (χ2n) is 12.8. The summed E-state index contributed by atoms with van der Waals surface area (Å²) in [7, 11) is 5.52. The number of aliphatic hydroxyl groups excluding tert-OH is 1. The van der Waals surface area contributed by atoms with Gasteiger partial charge in [0.05, 0.1) is 35.8 Å². The number of urea groups is 2. The van der Waals surface area contributed by atoms with Crippen LogP contribution in [0.1, 0.15) is 38.4 Å². The number of nitrogens with zero attached hydrogens (tertiary/aromatic N) is 5. The Kier molecular flexibility index (Phi) is 10.9. The van der Waals surface area contributed by atoms with Gasteiger partial charge in [0.2, 0.25) is 0 Å². The lowest BCUT2D eigenvalue weighted by Gasteiger charge is -2.20. The number of likely N-dealkylation sites (tertiary alicyclic amines) is 1. The van der Waals surface area contributed by atoms with Crippen molar-refractivity contribution >= 4 is 52.6 Å². The van der Waals surface area contributed by atoms with E-state index in [2.05, 4.69) is 25.8 Å². The van der Waals surface area contributed by atoms with Gasteiger partial charge in [-0.1, -0.05) is 50.0 Å². The van der Waals surface area contributed by atoms with Crippen molar-refractivity contribution in [2.75, 3.05) is 50.2 Å². The van der Waals surface area contributed by atoms with Crippen LogP contribution in [0.25, 0.3) is 5.69 Å². The molecule has 15 heteroatoms. The summed E-state index contributed by atoms with van der Waals surface area (Å²) < 4.78 is 13.0. The lowest BCUT2D eigenvalue weighted by molar-refractivity contribution is 0.216. The molecule has 0 aliphatic carbocycles. The molecule has 1 saturated heterocycles. The number of hydrogen-bond donors (Lipinski definition) is 4. The van der Waals surface area contributed by atoms with Crippen LogP contribution in [0.4, 0.5) is 26.9 Å². The molecular weight excluding hydrogens is 671 g/mol. The van der Waals surface area contributed by atoms with Crippen molar-refractivity contribution in [3.05, 3.63) is 76.0 Å². The third-order valence-corrected chi connectivity index (χ3v) is 8.94. The zero-order valence-corrected chi connectivity index (χ0v) is 29.7. The van der Waals surface area contributed by atoms with E-state index in [0.29, 0.717) is 53.5 Å². The van der Waals surface area contributed by atoms with Gasteiger partial charge in [-0.2, -0.15) is 5.10 Å². The Hall–Kier alpha value is -4.56. The zero-order valence-electron chi connectivity index (χ0n) is 28.2. The molecule has 2 aromatic carbocycles. The highest BCUT2D eigenvalue weighted by atomic mass is 35.5. The molecule has 0 unspecified atom stereocenters. The molecule has 2 aromatic heterocycles. The van der Waals surface area contributed by atoms with E-state index in [9.17, 15) is 14.7 Å². The van der Waals surface area contributed by atoms with Gasteiger partial charge in [0.1, 0.15) is 33.9 Å². The van der Waals surface area contributed by atoms with E-state index in [1.807, 2.05) is 34.9 Å². The van der Waals surface area contributed by atoms with E-state index in [0.717, 1.165) is 12.1 Å². The van der Waals surface area contributed by atoms with Gasteiger partial charge in [0.25, 0.3) is 0 Å². The SMILES string of the molecule is COc1cc(-n2nc(C(C)(C)C)cc2NC(=O)Nc2ccc(Oc3ccnc(NC(=O)N4CC[C@H](N(C)C)C4)c3)c(Cl)c2Cl)ccc1CO. The summed E-state index contributed by atoms with van der Waals surface area (Å²) in [5, 5.41) is 22.9. The Morgan fingerprint density at radius 2 is 1.80 bits per heavy atom. The van der Waals surface area contributed by atoms with Crippen LogP contribution in [0.5, 0.6) is 17.2 Å². The fourth-order valence-corrected chi connectivity index (χ4v) is 5.62. The number of amides is 4. The summed E-state index contributed by atoms with van der Waals surface area (Å²) in [5.74, 6) is 1.82. The highest BCUT2D eigenvalue weighted by Crippen LogP contribution is 2.40. The third kappa shape index (κ3) is 8.36. The van der Waals surface area contributed by atoms with Crippen LogP contribution < -0.4 is 25.4 Å². The number of nitrogens with one attached hydrogen (secondary N) is 3. The van der Waals surface area contributed by atoms with Crippen LogP contribution in [0, 0.1) is 0 Å². The van der Waals surface area contributed by atoms with Crippen LogP contribution in [0.2, 0.25) is 10.0 Å². The summed E-state index contributed by atoms with van der Waals surface area (Å²) in [6.45, 7) is 7.16. The number of halogens is 2. The highest BCUT2D eigenvalue weighted by Gasteiger charge is 2.28. The number of benzene rings is 2. The van der Waals surface area contributed by atoms with E-state index in [4.69, 9.17) is 37.8 Å². The van der Waals surface area contributed by atoms with Gasteiger partial charge in [-0.05, 0) is 44.8 Å². The number of pyridine rings is 1. The minimum atomic E-state index is -0.586. The summed E-state index contributed by atoms with van der Waals surface area (Å²) >= 11 is 13.2. The minimum absolute atomic E-state index is 0.0644. The number of methoxy groups -OCH3 is 1. The number of ether oxygens (including phenoxy) is 2. The molecule has 0 bridgehead atoms. The van der Waals surface area contributed by atoms with Crippen molar-refractivity contribution in [1.29, 1.82) is 0 Å². The molecule has 5 rings (SSSR count). The molecule has 0 spiro atoms. The number of carbonyl (C=O) groups is 2. The number of anilines is 3. The van der Waals surface area contributed by atoms with Gasteiger partial charge in [-0.15, -0.1) is 0 Å². The van der Waals surface area contributed by atoms with E-state index in [1.54, 1.807) is 58.1 Å². The largest absolute Gasteiger partial charge is 0.496 e. The molecule has 0 radical (unpaired) electrons. The Balaban J connectivity index is 1.28. The first-order valence-electron chi connectivity index (χ1n) is 15.6. The van der Waals surface area contributed by atoms with E-state index in [1.165, 1.54) is 13.3 Å². The summed E-state index contributed by atoms with van der Waals surface area (Å²) in [5.41, 5.74) is 1.91. The van der Waals surface area contributed by atoms with Crippen molar-refractivity contribution < 1.29 is 24.2 Å². The quantitative estimate of drug-likeness (QED) is 0.146. The Labute approximate surface area is 295 Å². The summed E-state index contributed by atoms with van der Waals surface area (Å²) in [4.78, 5) is 34.2. The lowest BCUT2D eigenvalue weighted by atomic mass is 9.92. The minimum Gasteiger partial charge on any atom is -0.496 e. The molecule has 4 amide bonds. The smallest absolute Gasteiger partial charge is 0.324 e. The average Bonchev–Trinajstić information content (AvgIpc) is 3.73. The third-order valence-electron chi connectivity index (χ3n) is 8.08. The monoisotopic (exact) mass is 710 g/mol. The molecular formula is C34H40Cl2N8O5. The van der Waals surface area contributed by atoms with E-state index in [-0.39, 0.29) is 39.5 Å². The van der Waals surface area contributed by atoms with Gasteiger partial charge in [0, 0.05) is 54.5 Å². The molecule has 49 heavy (non-hydrogen) atoms. The predicted molar refractivity (Wildman–Crippen MR) is 191 cm³/mol. The van der Waals surface area contributed by atoms with Crippen molar-refractivity contribution in [2.24, 2.45) is 0 Å². The molecule has 260 valence electrons. The first-order chi connectivity index (χ1) is 23.3. The van der Waals surface area contributed by atoms with Crippen LogP contribution >= 0.6 is 23.2 Å². The Bertz CT molecular complexity index is 1840. The van der Waals surface area contributed by atoms with Crippen molar-refractivity contribution in [3.8, 4) is 22.9 Å². The number of likely N-dealkylation sites (N-methyl/N-ethyl adjacent to an activating group) is 1. The molecule has 1 fully saturated rings. The Morgan fingerprint density at radius 1 is 1.02 bits per heavy atom. The zero-order chi connectivity index (χ0) is 35.5. The predicted octanol–water partition coefficient (Wildman–Crippen LogP) is 6.98. The maximum Gasteiger partial charge on any atom is 0.324 e. The molecule has 3 heterocycles. The maximum atomic E-state index is 13.3. The van der Waals surface area contributed by atoms with Crippen molar-refractivity contribution in [2.45, 2.75) is 45.3 Å². The van der Waals surface area contributed by atoms with Crippen LogP contribution in [0.3, 0.4) is 0 Å². The fraction of sp³-hybridized carbons (Fsp3) is 0.353. The van der Waals surface area contributed by atoms with E-state index < -0.39 is 6.03 Å². The molecule has 13 nitrogen and oxygen atoms in total. The number of aliphatic hydroxyl groups is 1. The normalized spacial score (nSPS) is 14.6. The van der Waals surface area contributed by atoms with Crippen LogP contribution in [-0.4, -0.2) is 82.1 Å². The van der Waals surface area contributed by atoms with Gasteiger partial charge >= 0.3 is 12.1 Å². The Morgan fingerprint density at radius 3 is 2.47 bits per heavy atom. The van der Waals surface area contributed by atoms with Gasteiger partial charge in [-0.3, -0.25) is 10.6 Å². The number of carbonyl (C=O) groups excluding carboxylic acids is 2. The lowest BCUT2D eigenvalue weighted by Crippen LogP contribution is -2.36. The second-order valence-corrected chi connectivity index (χ2v) is 13.6.